The van der Waals surface area contributed by atoms with Gasteiger partial charge in [-0.05, 0) is 117 Å². The second-order valence-corrected chi connectivity index (χ2v) is 22.6. The van der Waals surface area contributed by atoms with Crippen molar-refractivity contribution in [3.8, 4) is 0 Å². The maximum absolute atomic E-state index is 12.7. The summed E-state index contributed by atoms with van der Waals surface area (Å²) in [5, 5.41) is 131. The van der Waals surface area contributed by atoms with E-state index in [4.69, 9.17) is 28.4 Å². The molecule has 4 saturated carbocycles. The van der Waals surface area contributed by atoms with Gasteiger partial charge in [0.1, 0.15) is 67.1 Å². The Kier molecular flexibility index (Phi) is 15.1. The van der Waals surface area contributed by atoms with Gasteiger partial charge in [-0.2, -0.15) is 0 Å². The molecule has 0 bridgehead atoms. The Hall–Kier alpha value is -0.980. The monoisotopic (exact) mass is 933 g/mol. The van der Waals surface area contributed by atoms with Gasteiger partial charge in [0.25, 0.3) is 0 Å². The molecule has 3 heterocycles. The summed E-state index contributed by atoms with van der Waals surface area (Å²) in [5.41, 5.74) is -2.41. The van der Waals surface area contributed by atoms with Crippen LogP contribution in [0, 0.1) is 45.3 Å². The molecule has 3 saturated heterocycles. The summed E-state index contributed by atoms with van der Waals surface area (Å²) in [6.45, 7) is 15.0. The van der Waals surface area contributed by atoms with E-state index >= 15 is 0 Å². The fraction of sp³-hybridized carbons (Fsp3) is 0.957. The standard InChI is InChI=1S/C47H80O18/c1-21(2)10-9-13-47(8,65-41-37(59)34(56)32(54)26(18-48)62-41)22-11-15-45(6)30(22)23(50)16-28-44(5)14-12-29(52)43(3,4)39(44)25(17-46(28,45)7)61-42-38(35(57)33(55)27(19-49)63-42)64-40-36(58)31(53)24(51)20-60-40/h10,22-42,48-59H,9,11-20H2,1-8H3/t22-,23-,24+,25-,26+,27-,28-,29+,30+,31-,32+,33-,34-,35+,36+,37+,38+,39+,40+,41-,42-,44+,45-,46+,47+/m1/s1. The molecule has 0 unspecified atom stereocenters. The van der Waals surface area contributed by atoms with Crippen LogP contribution in [0.5, 0.6) is 0 Å². The van der Waals surface area contributed by atoms with Crippen LogP contribution in [-0.4, -0.2) is 191 Å². The number of allylic oxidation sites excluding steroid dienone is 2. The van der Waals surface area contributed by atoms with Crippen molar-refractivity contribution in [3.05, 3.63) is 11.6 Å². The van der Waals surface area contributed by atoms with E-state index in [0.717, 1.165) is 5.57 Å². The normalized spacial score (nSPS) is 53.0. The molecule has 0 aromatic rings. The molecule has 7 rings (SSSR count). The lowest BCUT2D eigenvalue weighted by molar-refractivity contribution is -0.377. The average Bonchev–Trinajstić information content (AvgIpc) is 3.63. The smallest absolute Gasteiger partial charge is 0.187 e. The fourth-order valence-electron chi connectivity index (χ4n) is 14.6. The third-order valence-electron chi connectivity index (χ3n) is 18.3. The Morgan fingerprint density at radius 3 is 1.94 bits per heavy atom. The number of hydrogen-bond acceptors (Lipinski definition) is 18. The van der Waals surface area contributed by atoms with Crippen LogP contribution in [0.1, 0.15) is 107 Å². The lowest BCUT2D eigenvalue weighted by Crippen LogP contribution is -2.71. The second-order valence-electron chi connectivity index (χ2n) is 22.6. The molecule has 0 spiro atoms. The largest absolute Gasteiger partial charge is 0.394 e. The SMILES string of the molecule is CC(C)=CCC[C@](C)(O[C@H]1O[C@@H](CO)[C@H](O)[C@@H](O)[C@@H]1O)[C@@H]1CC[C@]2(C)[C@@H]1[C@H](O)C[C@@H]1[C@]3(C)CC[C@H](O)C(C)(C)[C@@H]3[C@H](O[C@@H]3O[C@H](CO)[C@@H](O)[C@H](O)[C@@H]3O[C@@H]3OC[C@H](O)[C@@H](O)[C@@H]3O)C[C@@]12C. The highest BCUT2D eigenvalue weighted by molar-refractivity contribution is 5.22. The number of fused-ring (bicyclic) bond motifs is 5. The zero-order chi connectivity index (χ0) is 47.9. The summed E-state index contributed by atoms with van der Waals surface area (Å²) in [5.74, 6) is -1.11. The van der Waals surface area contributed by atoms with E-state index in [2.05, 4.69) is 26.8 Å². The summed E-state index contributed by atoms with van der Waals surface area (Å²) in [6, 6.07) is 0. The van der Waals surface area contributed by atoms with Crippen molar-refractivity contribution in [2.45, 2.75) is 217 Å². The zero-order valence-corrected chi connectivity index (χ0v) is 39.3. The van der Waals surface area contributed by atoms with Gasteiger partial charge in [0.15, 0.2) is 18.9 Å². The maximum Gasteiger partial charge on any atom is 0.187 e. The van der Waals surface area contributed by atoms with Crippen LogP contribution in [0.25, 0.3) is 0 Å². The molecular weight excluding hydrogens is 852 g/mol. The molecule has 4 aliphatic carbocycles. The first kappa shape index (κ1) is 51.9. The first-order valence-corrected chi connectivity index (χ1v) is 23.9. The van der Waals surface area contributed by atoms with Gasteiger partial charge in [0.2, 0.25) is 0 Å². The van der Waals surface area contributed by atoms with Gasteiger partial charge in [0.05, 0.1) is 43.7 Å². The molecular formula is C47H80O18. The predicted molar refractivity (Wildman–Crippen MR) is 229 cm³/mol. The molecule has 0 radical (unpaired) electrons. The van der Waals surface area contributed by atoms with Crippen LogP contribution in [0.2, 0.25) is 0 Å². The van der Waals surface area contributed by atoms with E-state index < -0.39 is 145 Å². The van der Waals surface area contributed by atoms with Crippen LogP contribution < -0.4 is 0 Å². The Labute approximate surface area is 382 Å². The van der Waals surface area contributed by atoms with Crippen LogP contribution in [0.4, 0.5) is 0 Å². The minimum atomic E-state index is -1.73. The quantitative estimate of drug-likeness (QED) is 0.0874. The molecule has 7 aliphatic rings. The Morgan fingerprint density at radius 2 is 1.31 bits per heavy atom. The number of ether oxygens (including phenoxy) is 6. The molecule has 0 aromatic heterocycles. The van der Waals surface area contributed by atoms with Gasteiger partial charge in [-0.1, -0.05) is 46.3 Å². The number of hydrogen-bond donors (Lipinski definition) is 12. The molecule has 3 aliphatic heterocycles. The van der Waals surface area contributed by atoms with Crippen LogP contribution in [0.15, 0.2) is 11.6 Å². The van der Waals surface area contributed by atoms with Crippen molar-refractivity contribution in [3.63, 3.8) is 0 Å². The van der Waals surface area contributed by atoms with E-state index in [9.17, 15) is 61.3 Å². The van der Waals surface area contributed by atoms with Gasteiger partial charge in [-0.15, -0.1) is 0 Å². The molecule has 18 nitrogen and oxygen atoms in total. The number of aliphatic hydroxyl groups excluding tert-OH is 12. The molecule has 376 valence electrons. The number of rotatable bonds is 12. The Morgan fingerprint density at radius 1 is 0.692 bits per heavy atom. The van der Waals surface area contributed by atoms with Crippen LogP contribution in [-0.2, 0) is 28.4 Å². The zero-order valence-electron chi connectivity index (χ0n) is 39.3. The van der Waals surface area contributed by atoms with Gasteiger partial charge < -0.3 is 89.7 Å². The lowest BCUT2D eigenvalue weighted by atomic mass is 9.34. The van der Waals surface area contributed by atoms with Gasteiger partial charge in [-0.25, -0.2) is 0 Å². The molecule has 65 heavy (non-hydrogen) atoms. The van der Waals surface area contributed by atoms with Crippen LogP contribution >= 0.6 is 0 Å². The fourth-order valence-corrected chi connectivity index (χ4v) is 14.6. The van der Waals surface area contributed by atoms with E-state index in [1.54, 1.807) is 0 Å². The highest BCUT2D eigenvalue weighted by Crippen LogP contribution is 2.76. The Balaban J connectivity index is 1.27. The first-order valence-electron chi connectivity index (χ1n) is 23.9. The van der Waals surface area contributed by atoms with Gasteiger partial charge >= 0.3 is 0 Å². The molecule has 0 amide bonds. The third-order valence-corrected chi connectivity index (χ3v) is 18.3. The Bertz CT molecular complexity index is 1660. The van der Waals surface area contributed by atoms with Crippen molar-refractivity contribution in [1.29, 1.82) is 0 Å². The first-order chi connectivity index (χ1) is 30.3. The van der Waals surface area contributed by atoms with Crippen molar-refractivity contribution >= 4 is 0 Å². The maximum atomic E-state index is 12.7. The van der Waals surface area contributed by atoms with Crippen LogP contribution in [0.3, 0.4) is 0 Å². The van der Waals surface area contributed by atoms with E-state index in [0.29, 0.717) is 51.4 Å². The topological polar surface area (TPSA) is 298 Å². The van der Waals surface area contributed by atoms with E-state index in [1.165, 1.54) is 0 Å². The summed E-state index contributed by atoms with van der Waals surface area (Å²) < 4.78 is 37.7. The number of aliphatic hydroxyl groups is 12. The van der Waals surface area contributed by atoms with Crippen molar-refractivity contribution in [1.82, 2.24) is 0 Å². The molecule has 25 atom stereocenters. The van der Waals surface area contributed by atoms with Crippen molar-refractivity contribution in [2.24, 2.45) is 45.3 Å². The van der Waals surface area contributed by atoms with Crippen molar-refractivity contribution < 1.29 is 89.7 Å². The average molecular weight is 933 g/mol. The van der Waals surface area contributed by atoms with E-state index in [-0.39, 0.29) is 30.3 Å². The second kappa shape index (κ2) is 19.0. The molecule has 7 fully saturated rings. The van der Waals surface area contributed by atoms with E-state index in [1.807, 2.05) is 34.6 Å². The summed E-state index contributed by atoms with van der Waals surface area (Å²) in [4.78, 5) is 0. The predicted octanol–water partition coefficient (Wildman–Crippen LogP) is -0.417. The lowest BCUT2D eigenvalue weighted by Gasteiger charge is -2.72. The summed E-state index contributed by atoms with van der Waals surface area (Å²) in [7, 11) is 0. The van der Waals surface area contributed by atoms with Gasteiger partial charge in [0, 0.05) is 0 Å². The van der Waals surface area contributed by atoms with Gasteiger partial charge in [-0.3, -0.25) is 0 Å². The summed E-state index contributed by atoms with van der Waals surface area (Å²) >= 11 is 0. The minimum absolute atomic E-state index is 0.0828. The molecule has 0 aromatic carbocycles. The highest BCUT2D eigenvalue weighted by atomic mass is 16.8. The molecule has 18 heteroatoms. The third kappa shape index (κ3) is 8.72. The highest BCUT2D eigenvalue weighted by Gasteiger charge is 2.74. The summed E-state index contributed by atoms with van der Waals surface area (Å²) in [6.07, 6.45) is -17.2. The van der Waals surface area contributed by atoms with Crippen molar-refractivity contribution in [2.75, 3.05) is 19.8 Å². The molecule has 12 N–H and O–H groups in total. The minimum Gasteiger partial charge on any atom is -0.394 e.